The highest BCUT2D eigenvalue weighted by atomic mass is 16.7. The van der Waals surface area contributed by atoms with Gasteiger partial charge in [0.1, 0.15) is 24.4 Å². The fourth-order valence-corrected chi connectivity index (χ4v) is 8.63. The zero-order valence-electron chi connectivity index (χ0n) is 39.9. The number of ether oxygens (including phenoxy) is 2. The standard InChI is InChI=1S/C52H101NO8/c1-3-5-7-9-10-11-12-13-14-15-16-17-18-19-20-21-22-23-24-25-26-27-28-29-30-31-32-33-34-35-36-38-40-42-48(56)53-45(46(55)41-39-37-8-6-4-2)44-60-52-51(59)50(58)49(57)47(43-54)61-52/h15-16,45-47,49-52,54-55,57-59H,3-14,17-44H2,1-2H3,(H,53,56)/b16-15-. The number of carbonyl (C=O) groups excluding carboxylic acids is 1. The van der Waals surface area contributed by atoms with E-state index in [2.05, 4.69) is 31.3 Å². The molecule has 9 heteroatoms. The van der Waals surface area contributed by atoms with Gasteiger partial charge in [0.15, 0.2) is 6.29 Å². The number of hydrogen-bond donors (Lipinski definition) is 6. The van der Waals surface area contributed by atoms with E-state index in [1.165, 1.54) is 180 Å². The summed E-state index contributed by atoms with van der Waals surface area (Å²) in [5.41, 5.74) is 0. The van der Waals surface area contributed by atoms with Crippen molar-refractivity contribution in [2.75, 3.05) is 13.2 Å². The van der Waals surface area contributed by atoms with Crippen LogP contribution in [0.5, 0.6) is 0 Å². The van der Waals surface area contributed by atoms with E-state index < -0.39 is 49.5 Å². The third-order valence-corrected chi connectivity index (χ3v) is 12.9. The number of aliphatic hydroxyl groups excluding tert-OH is 5. The molecule has 0 saturated carbocycles. The van der Waals surface area contributed by atoms with Crippen LogP contribution in [0.15, 0.2) is 12.2 Å². The zero-order valence-corrected chi connectivity index (χ0v) is 39.9. The van der Waals surface area contributed by atoms with Crippen LogP contribution >= 0.6 is 0 Å². The minimum absolute atomic E-state index is 0.136. The molecule has 1 amide bonds. The van der Waals surface area contributed by atoms with Crippen LogP contribution in [0.25, 0.3) is 0 Å². The Bertz CT molecular complexity index is 966. The number of unbranched alkanes of at least 4 members (excludes halogenated alkanes) is 33. The van der Waals surface area contributed by atoms with Gasteiger partial charge in [0.05, 0.1) is 25.4 Å². The minimum Gasteiger partial charge on any atom is -0.394 e. The van der Waals surface area contributed by atoms with E-state index >= 15 is 0 Å². The Labute approximate surface area is 376 Å². The van der Waals surface area contributed by atoms with E-state index in [1.54, 1.807) is 0 Å². The lowest BCUT2D eigenvalue weighted by atomic mass is 9.99. The molecule has 1 rings (SSSR count). The van der Waals surface area contributed by atoms with E-state index in [4.69, 9.17) is 9.47 Å². The Morgan fingerprint density at radius 1 is 0.541 bits per heavy atom. The molecular formula is C52H101NO8. The maximum absolute atomic E-state index is 12.9. The molecular weight excluding hydrogens is 767 g/mol. The van der Waals surface area contributed by atoms with Crippen molar-refractivity contribution in [3.05, 3.63) is 12.2 Å². The van der Waals surface area contributed by atoms with Crippen molar-refractivity contribution in [1.29, 1.82) is 0 Å². The predicted octanol–water partition coefficient (Wildman–Crippen LogP) is 12.1. The van der Waals surface area contributed by atoms with Gasteiger partial charge in [-0.15, -0.1) is 0 Å². The number of aliphatic hydroxyl groups is 5. The van der Waals surface area contributed by atoms with Gasteiger partial charge in [0, 0.05) is 6.42 Å². The molecule has 6 N–H and O–H groups in total. The van der Waals surface area contributed by atoms with E-state index in [0.717, 1.165) is 51.4 Å². The first kappa shape index (κ1) is 57.9. The Hall–Kier alpha value is -1.07. The maximum Gasteiger partial charge on any atom is 0.220 e. The highest BCUT2D eigenvalue weighted by Gasteiger charge is 2.44. The van der Waals surface area contributed by atoms with Crippen molar-refractivity contribution in [3.63, 3.8) is 0 Å². The lowest BCUT2D eigenvalue weighted by molar-refractivity contribution is -0.302. The summed E-state index contributed by atoms with van der Waals surface area (Å²) in [5.74, 6) is -0.147. The number of hydrogen-bond acceptors (Lipinski definition) is 8. The molecule has 362 valence electrons. The summed E-state index contributed by atoms with van der Waals surface area (Å²) in [7, 11) is 0. The second kappa shape index (κ2) is 42.9. The quantitative estimate of drug-likeness (QED) is 0.0262. The Balaban J connectivity index is 1.98. The third kappa shape index (κ3) is 33.1. The lowest BCUT2D eigenvalue weighted by Gasteiger charge is -2.40. The molecule has 1 aliphatic heterocycles. The first-order chi connectivity index (χ1) is 29.8. The molecule has 1 heterocycles. The average molecular weight is 868 g/mol. The molecule has 0 aromatic rings. The smallest absolute Gasteiger partial charge is 0.220 e. The summed E-state index contributed by atoms with van der Waals surface area (Å²) >= 11 is 0. The molecule has 0 aliphatic carbocycles. The van der Waals surface area contributed by atoms with Crippen LogP contribution in [0.4, 0.5) is 0 Å². The topological polar surface area (TPSA) is 149 Å². The van der Waals surface area contributed by atoms with Crippen LogP contribution in [0.3, 0.4) is 0 Å². The number of allylic oxidation sites excluding steroid dienone is 2. The molecule has 1 fully saturated rings. The van der Waals surface area contributed by atoms with Crippen molar-refractivity contribution >= 4 is 5.91 Å². The van der Waals surface area contributed by atoms with Crippen LogP contribution in [-0.4, -0.2) is 87.5 Å². The molecule has 61 heavy (non-hydrogen) atoms. The van der Waals surface area contributed by atoms with Crippen molar-refractivity contribution in [3.8, 4) is 0 Å². The van der Waals surface area contributed by atoms with Gasteiger partial charge in [-0.2, -0.15) is 0 Å². The fourth-order valence-electron chi connectivity index (χ4n) is 8.63. The van der Waals surface area contributed by atoms with Crippen LogP contribution in [-0.2, 0) is 14.3 Å². The summed E-state index contributed by atoms with van der Waals surface area (Å²) in [4.78, 5) is 12.9. The summed E-state index contributed by atoms with van der Waals surface area (Å²) in [6.07, 6.45) is 44.6. The van der Waals surface area contributed by atoms with Gasteiger partial charge in [-0.3, -0.25) is 4.79 Å². The lowest BCUT2D eigenvalue weighted by Crippen LogP contribution is -2.60. The first-order valence-electron chi connectivity index (χ1n) is 26.4. The van der Waals surface area contributed by atoms with E-state index in [0.29, 0.717) is 12.8 Å². The maximum atomic E-state index is 12.9. The molecule has 7 unspecified atom stereocenters. The Kier molecular flexibility index (Phi) is 40.7. The minimum atomic E-state index is -1.55. The summed E-state index contributed by atoms with van der Waals surface area (Å²) in [5, 5.41) is 53.9. The van der Waals surface area contributed by atoms with Gasteiger partial charge >= 0.3 is 0 Å². The Morgan fingerprint density at radius 2 is 0.918 bits per heavy atom. The summed E-state index contributed by atoms with van der Waals surface area (Å²) in [6, 6.07) is -0.710. The van der Waals surface area contributed by atoms with Crippen LogP contribution in [0.1, 0.15) is 258 Å². The molecule has 0 bridgehead atoms. The molecule has 1 saturated heterocycles. The van der Waals surface area contributed by atoms with E-state index in [9.17, 15) is 30.3 Å². The average Bonchev–Trinajstić information content (AvgIpc) is 3.26. The number of carbonyl (C=O) groups is 1. The first-order valence-corrected chi connectivity index (χ1v) is 26.4. The van der Waals surface area contributed by atoms with Gasteiger partial charge in [-0.25, -0.2) is 0 Å². The monoisotopic (exact) mass is 868 g/mol. The van der Waals surface area contributed by atoms with Gasteiger partial charge in [0.25, 0.3) is 0 Å². The number of nitrogens with one attached hydrogen (secondary N) is 1. The predicted molar refractivity (Wildman–Crippen MR) is 254 cm³/mol. The normalized spacial score (nSPS) is 20.4. The zero-order chi connectivity index (χ0) is 44.4. The SMILES string of the molecule is CCCCCCCCCC/C=C\CCCCCCCCCCCCCCCCCCCCCCCC(=O)NC(COC1OC(CO)C(O)C(O)C1O)C(O)CCCCCCC. The van der Waals surface area contributed by atoms with Gasteiger partial charge in [-0.05, 0) is 38.5 Å². The molecule has 1 aliphatic rings. The van der Waals surface area contributed by atoms with E-state index in [-0.39, 0.29) is 12.5 Å². The van der Waals surface area contributed by atoms with Gasteiger partial charge < -0.3 is 40.3 Å². The third-order valence-electron chi connectivity index (χ3n) is 12.9. The molecule has 0 aromatic heterocycles. The largest absolute Gasteiger partial charge is 0.394 e. The van der Waals surface area contributed by atoms with Crippen LogP contribution < -0.4 is 5.32 Å². The fraction of sp³-hybridized carbons (Fsp3) is 0.942. The number of rotatable bonds is 45. The number of amides is 1. The highest BCUT2D eigenvalue weighted by molar-refractivity contribution is 5.76. The van der Waals surface area contributed by atoms with Crippen molar-refractivity contribution < 1.29 is 39.8 Å². The summed E-state index contributed by atoms with van der Waals surface area (Å²) in [6.45, 7) is 3.76. The second-order valence-corrected chi connectivity index (χ2v) is 18.7. The van der Waals surface area contributed by atoms with Gasteiger partial charge in [0.2, 0.25) is 5.91 Å². The van der Waals surface area contributed by atoms with Crippen molar-refractivity contribution in [2.24, 2.45) is 0 Å². The van der Waals surface area contributed by atoms with E-state index in [1.807, 2.05) is 0 Å². The van der Waals surface area contributed by atoms with Crippen molar-refractivity contribution in [2.45, 2.75) is 301 Å². The molecule has 7 atom stereocenters. The second-order valence-electron chi connectivity index (χ2n) is 18.7. The summed E-state index contributed by atoms with van der Waals surface area (Å²) < 4.78 is 11.2. The molecule has 0 radical (unpaired) electrons. The van der Waals surface area contributed by atoms with Crippen molar-refractivity contribution in [1.82, 2.24) is 5.32 Å². The van der Waals surface area contributed by atoms with Crippen LogP contribution in [0, 0.1) is 0 Å². The van der Waals surface area contributed by atoms with Gasteiger partial charge in [-0.1, -0.05) is 225 Å². The van der Waals surface area contributed by atoms with Crippen LogP contribution in [0.2, 0.25) is 0 Å². The molecule has 0 aromatic carbocycles. The molecule has 0 spiro atoms. The molecule has 9 nitrogen and oxygen atoms in total. The Morgan fingerprint density at radius 3 is 1.33 bits per heavy atom. The highest BCUT2D eigenvalue weighted by Crippen LogP contribution is 2.23.